The molecule has 4 aromatic rings. The Morgan fingerprint density at radius 3 is 2.42 bits per heavy atom. The van der Waals surface area contributed by atoms with E-state index >= 15 is 0 Å². The molecule has 0 N–H and O–H groups in total. The molecular weight excluding hydrogens is 336 g/mol. The van der Waals surface area contributed by atoms with Gasteiger partial charge in [-0.15, -0.1) is 0 Å². The number of halogens is 2. The number of alkyl halides is 2. The Kier molecular flexibility index (Phi) is 4.23. The van der Waals surface area contributed by atoms with Gasteiger partial charge in [-0.25, -0.2) is 0 Å². The van der Waals surface area contributed by atoms with Crippen LogP contribution in [0.25, 0.3) is 33.4 Å². The molecule has 0 aliphatic heterocycles. The smallest absolute Gasteiger partial charge is 0.387 e. The zero-order valence-corrected chi connectivity index (χ0v) is 13.5. The van der Waals surface area contributed by atoms with E-state index in [2.05, 4.69) is 19.7 Å². The Labute approximate surface area is 148 Å². The Bertz CT molecular complexity index is 1070. The van der Waals surface area contributed by atoms with E-state index in [4.69, 9.17) is 0 Å². The summed E-state index contributed by atoms with van der Waals surface area (Å²) in [5, 5.41) is 0. The van der Waals surface area contributed by atoms with E-state index < -0.39 is 6.61 Å². The second kappa shape index (κ2) is 6.84. The van der Waals surface area contributed by atoms with Crippen molar-refractivity contribution in [3.63, 3.8) is 0 Å². The molecule has 0 spiro atoms. The van der Waals surface area contributed by atoms with Crippen LogP contribution in [0, 0.1) is 0 Å². The number of nitrogens with zero attached hydrogens (tertiary/aromatic N) is 3. The molecule has 0 atom stereocenters. The lowest BCUT2D eigenvalue weighted by Crippen LogP contribution is -2.01. The van der Waals surface area contributed by atoms with Gasteiger partial charge < -0.3 is 4.74 Å². The molecule has 0 saturated heterocycles. The molecule has 4 nitrogen and oxygen atoms in total. The maximum atomic E-state index is 12.5. The lowest BCUT2D eigenvalue weighted by atomic mass is 9.99. The van der Waals surface area contributed by atoms with Gasteiger partial charge in [-0.3, -0.25) is 15.0 Å². The molecule has 0 bridgehead atoms. The lowest BCUT2D eigenvalue weighted by molar-refractivity contribution is -0.0498. The van der Waals surface area contributed by atoms with Crippen LogP contribution in [0.1, 0.15) is 0 Å². The van der Waals surface area contributed by atoms with Crippen molar-refractivity contribution in [2.45, 2.75) is 6.61 Å². The average molecular weight is 349 g/mol. The summed E-state index contributed by atoms with van der Waals surface area (Å²) in [5.74, 6) is 0.0958. The third-order valence-corrected chi connectivity index (χ3v) is 3.92. The molecule has 2 aromatic carbocycles. The van der Waals surface area contributed by atoms with Crippen molar-refractivity contribution < 1.29 is 13.5 Å². The molecule has 0 amide bonds. The predicted octanol–water partition coefficient (Wildman–Crippen LogP) is 4.96. The van der Waals surface area contributed by atoms with Gasteiger partial charge in [0.15, 0.2) is 0 Å². The molecule has 0 unspecified atom stereocenters. The minimum atomic E-state index is -2.87. The summed E-state index contributed by atoms with van der Waals surface area (Å²) in [7, 11) is 0. The molecule has 4 rings (SSSR count). The fraction of sp³-hybridized carbons (Fsp3) is 0.0500. The number of pyridine rings is 1. The Morgan fingerprint density at radius 2 is 1.58 bits per heavy atom. The number of rotatable bonds is 4. The molecule has 128 valence electrons. The predicted molar refractivity (Wildman–Crippen MR) is 94.8 cm³/mol. The molecule has 0 radical (unpaired) electrons. The topological polar surface area (TPSA) is 47.9 Å². The lowest BCUT2D eigenvalue weighted by Gasteiger charge is -2.11. The first-order chi connectivity index (χ1) is 12.7. The van der Waals surface area contributed by atoms with Crippen molar-refractivity contribution in [2.75, 3.05) is 0 Å². The first-order valence-corrected chi connectivity index (χ1v) is 7.92. The third-order valence-electron chi connectivity index (χ3n) is 3.92. The number of benzene rings is 2. The van der Waals surface area contributed by atoms with E-state index in [-0.39, 0.29) is 5.75 Å². The quantitative estimate of drug-likeness (QED) is 0.522. The van der Waals surface area contributed by atoms with Crippen LogP contribution in [-0.2, 0) is 0 Å². The molecular formula is C20H13F2N3O. The summed E-state index contributed by atoms with van der Waals surface area (Å²) in [5.41, 5.74) is 4.73. The minimum absolute atomic E-state index is 0.0958. The normalized spacial score (nSPS) is 11.0. The molecule has 2 aromatic heterocycles. The zero-order chi connectivity index (χ0) is 17.9. The van der Waals surface area contributed by atoms with Gasteiger partial charge in [0.05, 0.1) is 16.7 Å². The number of hydrogen-bond acceptors (Lipinski definition) is 4. The summed E-state index contributed by atoms with van der Waals surface area (Å²) < 4.78 is 29.5. The highest BCUT2D eigenvalue weighted by Gasteiger charge is 2.12. The number of fused-ring (bicyclic) bond motifs is 1. The van der Waals surface area contributed by atoms with Gasteiger partial charge in [0.25, 0.3) is 0 Å². The van der Waals surface area contributed by atoms with E-state index in [1.807, 2.05) is 36.4 Å². The van der Waals surface area contributed by atoms with Crippen LogP contribution in [0.2, 0.25) is 0 Å². The zero-order valence-electron chi connectivity index (χ0n) is 13.5. The Morgan fingerprint density at radius 1 is 0.731 bits per heavy atom. The molecule has 0 fully saturated rings. The Hall–Kier alpha value is -3.41. The number of ether oxygens (including phenoxy) is 1. The fourth-order valence-corrected chi connectivity index (χ4v) is 2.82. The van der Waals surface area contributed by atoms with Crippen LogP contribution in [0.5, 0.6) is 5.75 Å². The highest BCUT2D eigenvalue weighted by molar-refractivity contribution is 5.86. The van der Waals surface area contributed by atoms with Gasteiger partial charge in [-0.1, -0.05) is 24.3 Å². The second-order valence-corrected chi connectivity index (χ2v) is 5.57. The standard InChI is InChI=1S/C20H13F2N3O/c21-20(22)26-15-4-1-3-14(11-15)19-16(5-2-8-25-19)13-6-7-17-18(12-13)24-10-9-23-17/h1-12,20H. The maximum Gasteiger partial charge on any atom is 0.387 e. The summed E-state index contributed by atoms with van der Waals surface area (Å²) in [4.78, 5) is 13.0. The van der Waals surface area contributed by atoms with Gasteiger partial charge in [-0.05, 0) is 35.9 Å². The summed E-state index contributed by atoms with van der Waals surface area (Å²) in [6.07, 6.45) is 4.95. The number of aromatic nitrogens is 3. The van der Waals surface area contributed by atoms with Crippen LogP contribution in [0.15, 0.2) is 73.2 Å². The van der Waals surface area contributed by atoms with E-state index in [1.165, 1.54) is 6.07 Å². The van der Waals surface area contributed by atoms with E-state index in [0.717, 1.165) is 22.2 Å². The van der Waals surface area contributed by atoms with Crippen molar-refractivity contribution in [1.29, 1.82) is 0 Å². The first kappa shape index (κ1) is 16.1. The van der Waals surface area contributed by atoms with Crippen molar-refractivity contribution in [1.82, 2.24) is 15.0 Å². The van der Waals surface area contributed by atoms with Gasteiger partial charge in [-0.2, -0.15) is 8.78 Å². The van der Waals surface area contributed by atoms with E-state index in [9.17, 15) is 8.78 Å². The van der Waals surface area contributed by atoms with Crippen LogP contribution in [0.3, 0.4) is 0 Å². The van der Waals surface area contributed by atoms with Crippen molar-refractivity contribution in [3.8, 4) is 28.1 Å². The molecule has 2 heterocycles. The molecule has 0 aliphatic carbocycles. The van der Waals surface area contributed by atoms with E-state index in [0.29, 0.717) is 11.3 Å². The van der Waals surface area contributed by atoms with Gasteiger partial charge in [0, 0.05) is 29.7 Å². The Balaban J connectivity index is 1.82. The summed E-state index contributed by atoms with van der Waals surface area (Å²) in [6, 6.07) is 16.1. The first-order valence-electron chi connectivity index (χ1n) is 7.92. The molecule has 6 heteroatoms. The second-order valence-electron chi connectivity index (χ2n) is 5.57. The molecule has 0 aliphatic rings. The molecule has 26 heavy (non-hydrogen) atoms. The minimum Gasteiger partial charge on any atom is -0.435 e. The highest BCUT2D eigenvalue weighted by atomic mass is 19.3. The monoisotopic (exact) mass is 349 g/mol. The van der Waals surface area contributed by atoms with Crippen LogP contribution in [0.4, 0.5) is 8.78 Å². The van der Waals surface area contributed by atoms with Crippen LogP contribution in [-0.4, -0.2) is 21.6 Å². The molecule has 0 saturated carbocycles. The summed E-state index contributed by atoms with van der Waals surface area (Å²) in [6.45, 7) is -2.87. The van der Waals surface area contributed by atoms with Gasteiger partial charge >= 0.3 is 6.61 Å². The van der Waals surface area contributed by atoms with Gasteiger partial charge in [0.1, 0.15) is 5.75 Å². The number of hydrogen-bond donors (Lipinski definition) is 0. The van der Waals surface area contributed by atoms with Crippen molar-refractivity contribution >= 4 is 11.0 Å². The highest BCUT2D eigenvalue weighted by Crippen LogP contribution is 2.33. The SMILES string of the molecule is FC(F)Oc1cccc(-c2ncccc2-c2ccc3nccnc3c2)c1. The van der Waals surface area contributed by atoms with Crippen LogP contribution >= 0.6 is 0 Å². The van der Waals surface area contributed by atoms with Crippen molar-refractivity contribution in [3.05, 3.63) is 73.2 Å². The largest absolute Gasteiger partial charge is 0.435 e. The van der Waals surface area contributed by atoms with Crippen LogP contribution < -0.4 is 4.74 Å². The average Bonchev–Trinajstić information content (AvgIpc) is 2.67. The van der Waals surface area contributed by atoms with Gasteiger partial charge in [0.2, 0.25) is 0 Å². The van der Waals surface area contributed by atoms with E-state index in [1.54, 1.807) is 30.7 Å². The third kappa shape index (κ3) is 3.21. The summed E-state index contributed by atoms with van der Waals surface area (Å²) >= 11 is 0. The fourth-order valence-electron chi connectivity index (χ4n) is 2.82. The van der Waals surface area contributed by atoms with Crippen molar-refractivity contribution in [2.24, 2.45) is 0 Å². The maximum absolute atomic E-state index is 12.5.